The fourth-order valence-electron chi connectivity index (χ4n) is 18.2. The highest BCUT2D eigenvalue weighted by Gasteiger charge is 2.23. The highest BCUT2D eigenvalue weighted by Crippen LogP contribution is 2.44. The van der Waals surface area contributed by atoms with Crippen LogP contribution in [0.4, 0.5) is 0 Å². The summed E-state index contributed by atoms with van der Waals surface area (Å²) in [6.45, 7) is 8.40. The second kappa shape index (κ2) is 32.9. The zero-order chi connectivity index (χ0) is 86.5. The molecule has 0 atom stereocenters. The number of aromatic nitrogens is 10. The highest BCUT2D eigenvalue weighted by atomic mass is 79.9. The first kappa shape index (κ1) is 79.5. The molecule has 614 valence electrons. The number of rotatable bonds is 6. The van der Waals surface area contributed by atoms with Gasteiger partial charge in [0.2, 0.25) is 0 Å². The molecule has 0 aliphatic carbocycles. The number of benzene rings is 10. The van der Waals surface area contributed by atoms with Crippen LogP contribution in [0.25, 0.3) is 204 Å². The molecule has 26 aromatic rings. The molecule has 0 unspecified atom stereocenters. The Hall–Kier alpha value is -14.4. The van der Waals surface area contributed by atoms with Gasteiger partial charge in [0.15, 0.2) is 5.76 Å². The van der Waals surface area contributed by atoms with Crippen LogP contribution in [0.2, 0.25) is 0 Å². The van der Waals surface area contributed by atoms with E-state index in [1.54, 1.807) is 13.4 Å². The third-order valence-corrected chi connectivity index (χ3v) is 26.2. The Morgan fingerprint density at radius 1 is 0.273 bits per heavy atom. The number of furan rings is 1. The summed E-state index contributed by atoms with van der Waals surface area (Å²) in [5.41, 5.74) is 30.8. The molecular weight excluding hydrogens is 1840 g/mol. The summed E-state index contributed by atoms with van der Waals surface area (Å²) in [5.74, 6) is 1.67. The monoisotopic (exact) mass is 1910 g/mol. The summed E-state index contributed by atoms with van der Waals surface area (Å²) < 4.78 is 26.5. The van der Waals surface area contributed by atoms with Crippen LogP contribution in [0.15, 0.2) is 393 Å². The predicted molar refractivity (Wildman–Crippen MR) is 544 cm³/mol. The van der Waals surface area contributed by atoms with Crippen molar-refractivity contribution in [3.05, 3.63) is 411 Å². The first-order valence-corrected chi connectivity index (χ1v) is 45.4. The molecule has 0 bridgehead atoms. The quantitative estimate of drug-likeness (QED) is 0.163. The van der Waals surface area contributed by atoms with Crippen molar-refractivity contribution >= 4 is 211 Å². The van der Waals surface area contributed by atoms with Crippen molar-refractivity contribution in [2.75, 3.05) is 7.11 Å². The first-order valence-electron chi connectivity index (χ1n) is 42.3. The van der Waals surface area contributed by atoms with Gasteiger partial charge in [0.1, 0.15) is 11.4 Å². The maximum Gasteiger partial charge on any atom is 0.154 e. The van der Waals surface area contributed by atoms with Crippen molar-refractivity contribution in [2.24, 2.45) is 0 Å². The van der Waals surface area contributed by atoms with Gasteiger partial charge in [0.05, 0.1) is 91.3 Å². The molecule has 0 aliphatic heterocycles. The molecule has 10 aromatic carbocycles. The highest BCUT2D eigenvalue weighted by molar-refractivity contribution is 9.11. The van der Waals surface area contributed by atoms with Crippen LogP contribution < -0.4 is 4.74 Å². The van der Waals surface area contributed by atoms with Crippen molar-refractivity contribution in [3.8, 4) is 62.2 Å². The molecule has 0 amide bonds. The number of ether oxygens (including phenoxy) is 1. The smallest absolute Gasteiger partial charge is 0.154 e. The van der Waals surface area contributed by atoms with E-state index in [1.807, 2.05) is 36.4 Å². The fourth-order valence-corrected chi connectivity index (χ4v) is 19.6. The first-order chi connectivity index (χ1) is 62.7. The SMILES string of the molecule is Brc1ccc2cc3c4ccccc4nc(-c4cccc5ccccc45)c3n2c1.COc1cc(-c2nc3ccccc3c3cc4ccc(Br)cn4c23)ccc1C.Cc1ccc(-c2nc3ccccc3c3cc4ccc(Br)cn4c23)cc1.Cc1ccc(-c2nc3ccccc3c3cc4ccc(Br)cn4c23)cc1.Cc1cccn2c1cc1c3ccccc3nc(-c3ccco3)c12. The van der Waals surface area contributed by atoms with Gasteiger partial charge < -0.3 is 31.2 Å². The Bertz CT molecular complexity index is 8730. The fraction of sp³-hybridized carbons (Fsp3) is 0.0446. The maximum absolute atomic E-state index is 5.65. The van der Waals surface area contributed by atoms with Gasteiger partial charge in [-0.15, -0.1) is 0 Å². The number of hydrogen-bond acceptors (Lipinski definition) is 7. The molecule has 12 nitrogen and oxygen atoms in total. The molecule has 0 aliphatic rings. The van der Waals surface area contributed by atoms with Crippen molar-refractivity contribution < 1.29 is 9.15 Å². The normalized spacial score (nSPS) is 11.6. The molecule has 16 aromatic heterocycles. The van der Waals surface area contributed by atoms with E-state index in [4.69, 9.17) is 34.1 Å². The van der Waals surface area contributed by atoms with Crippen LogP contribution in [0, 0.1) is 27.7 Å². The lowest BCUT2D eigenvalue weighted by molar-refractivity contribution is 0.412. The Balaban J connectivity index is 0.0000000944. The zero-order valence-electron chi connectivity index (χ0n) is 70.0. The molecule has 0 N–H and O–H groups in total. The van der Waals surface area contributed by atoms with E-state index in [0.717, 1.165) is 157 Å². The van der Waals surface area contributed by atoms with Crippen LogP contribution >= 0.6 is 63.7 Å². The third kappa shape index (κ3) is 14.2. The second-order valence-electron chi connectivity index (χ2n) is 32.4. The van der Waals surface area contributed by atoms with Gasteiger partial charge in [0.25, 0.3) is 0 Å². The average Bonchev–Trinajstić information content (AvgIpc) is 1.57. The van der Waals surface area contributed by atoms with Crippen molar-refractivity contribution in [1.29, 1.82) is 0 Å². The van der Waals surface area contributed by atoms with Gasteiger partial charge in [-0.05, 0) is 247 Å². The van der Waals surface area contributed by atoms with Crippen molar-refractivity contribution in [1.82, 2.24) is 46.9 Å². The Labute approximate surface area is 768 Å². The maximum atomic E-state index is 5.65. The van der Waals surface area contributed by atoms with E-state index in [-0.39, 0.29) is 0 Å². The molecule has 0 spiro atoms. The van der Waals surface area contributed by atoms with Gasteiger partial charge in [0, 0.05) is 153 Å². The van der Waals surface area contributed by atoms with Crippen LogP contribution in [0.1, 0.15) is 22.3 Å². The molecule has 0 saturated heterocycles. The molecule has 16 heteroatoms. The molecule has 0 fully saturated rings. The van der Waals surface area contributed by atoms with Gasteiger partial charge >= 0.3 is 0 Å². The topological polar surface area (TPSA) is 109 Å². The Morgan fingerprint density at radius 3 is 1.05 bits per heavy atom. The summed E-state index contributed by atoms with van der Waals surface area (Å²) in [6.07, 6.45) is 12.2. The number of para-hydroxylation sites is 5. The summed E-state index contributed by atoms with van der Waals surface area (Å²) in [7, 11) is 1.71. The largest absolute Gasteiger partial charge is 0.496 e. The van der Waals surface area contributed by atoms with Gasteiger partial charge in [-0.3, -0.25) is 0 Å². The molecular formula is C112H76Br4N10O2. The minimum absolute atomic E-state index is 0.794. The molecule has 16 heterocycles. The molecule has 128 heavy (non-hydrogen) atoms. The number of fused-ring (bicyclic) bond motifs is 26. The lowest BCUT2D eigenvalue weighted by atomic mass is 9.99. The average molecular weight is 1910 g/mol. The lowest BCUT2D eigenvalue weighted by Crippen LogP contribution is -1.94. The van der Waals surface area contributed by atoms with E-state index >= 15 is 0 Å². The predicted octanol–water partition coefficient (Wildman–Crippen LogP) is 31.6. The standard InChI is InChI=1S/C25H15BrN2.C23H17BrN2O.2C22H15BrN2.C20H14N2O/c26-17-12-13-18-14-22-20-9-3-4-11-23(20)27-24(25(22)28(18)15-17)21-10-5-7-16-6-1-2-8-19(16)21;1-14-7-8-15(11-21(14)27-2)22-23-19(18-5-3-4-6-20(18)25-22)12-17-10-9-16(24)13-26(17)23;2*1-14-6-8-15(9-7-14)21-22-19(18-4-2-3-5-20(18)24-21)12-17-11-10-16(23)13-25(17)22;1-13-6-4-10-22-17(13)12-15-14-7-2-3-8-16(14)21-19(20(15)22)18-9-5-11-23-18/h1-15H;3-13H,1-2H3;2*2-13H,1H3;2-12H,1H3. The second-order valence-corrected chi connectivity index (χ2v) is 36.0. The van der Waals surface area contributed by atoms with Crippen LogP contribution in [0.5, 0.6) is 5.75 Å². The van der Waals surface area contributed by atoms with E-state index < -0.39 is 0 Å². The van der Waals surface area contributed by atoms with E-state index in [1.165, 1.54) is 92.5 Å². The third-order valence-electron chi connectivity index (χ3n) is 24.3. The number of halogens is 4. The van der Waals surface area contributed by atoms with Gasteiger partial charge in [-0.25, -0.2) is 24.9 Å². The summed E-state index contributed by atoms with van der Waals surface area (Å²) in [5, 5.41) is 14.4. The van der Waals surface area contributed by atoms with Crippen molar-refractivity contribution in [3.63, 3.8) is 0 Å². The van der Waals surface area contributed by atoms with Gasteiger partial charge in [-0.1, -0.05) is 211 Å². The van der Waals surface area contributed by atoms with E-state index in [9.17, 15) is 0 Å². The Morgan fingerprint density at radius 2 is 0.633 bits per heavy atom. The minimum Gasteiger partial charge on any atom is -0.496 e. The summed E-state index contributed by atoms with van der Waals surface area (Å²) in [4.78, 5) is 25.1. The van der Waals surface area contributed by atoms with E-state index in [2.05, 4.69) is 442 Å². The van der Waals surface area contributed by atoms with Crippen LogP contribution in [-0.2, 0) is 0 Å². The lowest BCUT2D eigenvalue weighted by Gasteiger charge is -2.11. The molecule has 0 saturated carbocycles. The van der Waals surface area contributed by atoms with Crippen LogP contribution in [-0.4, -0.2) is 54.0 Å². The number of aryl methyl sites for hydroxylation is 4. The molecule has 26 rings (SSSR count). The number of hydrogen-bond donors (Lipinski definition) is 0. The van der Waals surface area contributed by atoms with Crippen LogP contribution in [0.3, 0.4) is 0 Å². The van der Waals surface area contributed by atoms with E-state index in [0.29, 0.717) is 0 Å². The number of nitrogens with zero attached hydrogens (tertiary/aromatic N) is 10. The molecule has 0 radical (unpaired) electrons. The minimum atomic E-state index is 0.794. The Kier molecular flexibility index (Phi) is 20.4. The zero-order valence-corrected chi connectivity index (χ0v) is 76.4. The number of methoxy groups -OCH3 is 1. The van der Waals surface area contributed by atoms with Crippen molar-refractivity contribution in [2.45, 2.75) is 27.7 Å². The number of pyridine rings is 10. The van der Waals surface area contributed by atoms with Gasteiger partial charge in [-0.2, -0.15) is 0 Å². The summed E-state index contributed by atoms with van der Waals surface area (Å²) in [6, 6.07) is 116. The summed E-state index contributed by atoms with van der Waals surface area (Å²) >= 11 is 14.4.